The van der Waals surface area contributed by atoms with Gasteiger partial charge in [-0.3, -0.25) is 0 Å². The molecule has 0 saturated heterocycles. The van der Waals surface area contributed by atoms with Gasteiger partial charge in [0.25, 0.3) is 0 Å². The van der Waals surface area contributed by atoms with Crippen LogP contribution in [0.25, 0.3) is 0 Å². The van der Waals surface area contributed by atoms with Crippen molar-refractivity contribution in [2.24, 2.45) is 0 Å². The number of furan rings is 1. The minimum Gasteiger partial charge on any atom is -0.467 e. The number of carbonyl (C=O) groups is 1. The summed E-state index contributed by atoms with van der Waals surface area (Å²) in [5.74, 6) is 0.568. The van der Waals surface area contributed by atoms with Crippen LogP contribution in [-0.4, -0.2) is 12.1 Å². The third-order valence-electron chi connectivity index (χ3n) is 2.82. The van der Waals surface area contributed by atoms with Crippen LogP contribution in [0.3, 0.4) is 0 Å². The number of ether oxygens (including phenoxy) is 1. The molecule has 0 amide bonds. The average Bonchev–Trinajstić information content (AvgIpc) is 2.92. The van der Waals surface area contributed by atoms with Crippen LogP contribution in [0, 0.1) is 0 Å². The molecule has 0 aliphatic carbocycles. The number of benzene rings is 1. The highest BCUT2D eigenvalue weighted by Gasteiger charge is 2.10. The maximum Gasteiger partial charge on any atom is 0.338 e. The van der Waals surface area contributed by atoms with Gasteiger partial charge in [-0.05, 0) is 57.2 Å². The van der Waals surface area contributed by atoms with Gasteiger partial charge in [0.1, 0.15) is 5.76 Å². The summed E-state index contributed by atoms with van der Waals surface area (Å²) in [7, 11) is 0. The van der Waals surface area contributed by atoms with E-state index in [1.807, 2.05) is 45.0 Å². The molecule has 0 aliphatic heterocycles. The van der Waals surface area contributed by atoms with Crippen LogP contribution in [0.2, 0.25) is 0 Å². The van der Waals surface area contributed by atoms with Gasteiger partial charge in [0.2, 0.25) is 0 Å². The summed E-state index contributed by atoms with van der Waals surface area (Å²) in [6.07, 6.45) is 1.54. The average molecular weight is 273 g/mol. The van der Waals surface area contributed by atoms with E-state index in [0.717, 1.165) is 11.4 Å². The highest BCUT2D eigenvalue weighted by atomic mass is 16.5. The molecule has 106 valence electrons. The fraction of sp³-hybridized carbons (Fsp3) is 0.312. The van der Waals surface area contributed by atoms with Crippen LogP contribution in [0.5, 0.6) is 0 Å². The van der Waals surface area contributed by atoms with Crippen molar-refractivity contribution in [1.82, 2.24) is 0 Å². The Morgan fingerprint density at radius 1 is 1.15 bits per heavy atom. The summed E-state index contributed by atoms with van der Waals surface area (Å²) < 4.78 is 10.5. The molecular formula is C16H19NO3. The van der Waals surface area contributed by atoms with Gasteiger partial charge in [0.15, 0.2) is 0 Å². The molecule has 0 aliphatic rings. The Bertz CT molecular complexity index is 544. The maximum absolute atomic E-state index is 11.7. The van der Waals surface area contributed by atoms with E-state index in [1.54, 1.807) is 18.4 Å². The summed E-state index contributed by atoms with van der Waals surface area (Å²) >= 11 is 0. The van der Waals surface area contributed by atoms with E-state index in [2.05, 4.69) is 5.32 Å². The Balaban J connectivity index is 1.99. The molecule has 4 heteroatoms. The van der Waals surface area contributed by atoms with Crippen LogP contribution in [0.15, 0.2) is 47.1 Å². The second kappa shape index (κ2) is 6.28. The van der Waals surface area contributed by atoms with Crippen LogP contribution >= 0.6 is 0 Å². The van der Waals surface area contributed by atoms with Crippen LogP contribution in [0.4, 0.5) is 5.69 Å². The minimum atomic E-state index is -0.300. The summed E-state index contributed by atoms with van der Waals surface area (Å²) in [5.41, 5.74) is 1.48. The predicted molar refractivity (Wildman–Crippen MR) is 77.7 cm³/mol. The molecule has 1 atom stereocenters. The first kappa shape index (κ1) is 14.2. The van der Waals surface area contributed by atoms with Gasteiger partial charge in [-0.15, -0.1) is 0 Å². The van der Waals surface area contributed by atoms with Crippen molar-refractivity contribution in [3.63, 3.8) is 0 Å². The lowest BCUT2D eigenvalue weighted by Gasteiger charge is -2.13. The Morgan fingerprint density at radius 3 is 2.40 bits per heavy atom. The van der Waals surface area contributed by atoms with E-state index in [9.17, 15) is 4.79 Å². The molecule has 4 nitrogen and oxygen atoms in total. The number of anilines is 1. The van der Waals surface area contributed by atoms with Crippen LogP contribution in [-0.2, 0) is 4.74 Å². The van der Waals surface area contributed by atoms with Gasteiger partial charge >= 0.3 is 5.97 Å². The van der Waals surface area contributed by atoms with Gasteiger partial charge in [0.05, 0.1) is 24.0 Å². The largest absolute Gasteiger partial charge is 0.467 e. The zero-order chi connectivity index (χ0) is 14.5. The summed E-state index contributed by atoms with van der Waals surface area (Å²) in [6, 6.07) is 11.1. The normalized spacial score (nSPS) is 12.2. The summed E-state index contributed by atoms with van der Waals surface area (Å²) in [4.78, 5) is 11.7. The number of rotatable bonds is 5. The van der Waals surface area contributed by atoms with Crippen molar-refractivity contribution in [1.29, 1.82) is 0 Å². The number of esters is 1. The molecular weight excluding hydrogens is 254 g/mol. The number of hydrogen-bond acceptors (Lipinski definition) is 4. The lowest BCUT2D eigenvalue weighted by Crippen LogP contribution is -2.11. The summed E-state index contributed by atoms with van der Waals surface area (Å²) in [6.45, 7) is 5.68. The molecule has 0 fully saturated rings. The van der Waals surface area contributed by atoms with Crippen molar-refractivity contribution < 1.29 is 13.9 Å². The molecule has 1 aromatic carbocycles. The van der Waals surface area contributed by atoms with Gasteiger partial charge < -0.3 is 14.5 Å². The Labute approximate surface area is 118 Å². The van der Waals surface area contributed by atoms with Gasteiger partial charge in [0, 0.05) is 5.69 Å². The van der Waals surface area contributed by atoms with E-state index in [0.29, 0.717) is 5.56 Å². The lowest BCUT2D eigenvalue weighted by atomic mass is 10.2. The Kier molecular flexibility index (Phi) is 4.45. The molecule has 2 rings (SSSR count). The van der Waals surface area contributed by atoms with Crippen molar-refractivity contribution in [2.75, 3.05) is 5.32 Å². The van der Waals surface area contributed by atoms with Crippen molar-refractivity contribution in [3.05, 3.63) is 54.0 Å². The van der Waals surface area contributed by atoms with Gasteiger partial charge in [-0.25, -0.2) is 4.79 Å². The van der Waals surface area contributed by atoms with Crippen molar-refractivity contribution in [2.45, 2.75) is 32.9 Å². The SMILES string of the molecule is CC(C)OC(=O)c1ccc(NC(C)c2ccco2)cc1. The van der Waals surface area contributed by atoms with Crippen molar-refractivity contribution >= 4 is 11.7 Å². The minimum absolute atomic E-state index is 0.0680. The quantitative estimate of drug-likeness (QED) is 0.836. The first-order valence-corrected chi connectivity index (χ1v) is 6.67. The van der Waals surface area contributed by atoms with Gasteiger partial charge in [-0.2, -0.15) is 0 Å². The zero-order valence-electron chi connectivity index (χ0n) is 11.9. The Morgan fingerprint density at radius 2 is 1.85 bits per heavy atom. The second-order valence-electron chi connectivity index (χ2n) is 4.91. The zero-order valence-corrected chi connectivity index (χ0v) is 11.9. The molecule has 1 N–H and O–H groups in total. The molecule has 1 heterocycles. The molecule has 20 heavy (non-hydrogen) atoms. The standard InChI is InChI=1S/C16H19NO3/c1-11(2)20-16(18)13-6-8-14(9-7-13)17-12(3)15-5-4-10-19-15/h4-12,17H,1-3H3. The maximum atomic E-state index is 11.7. The highest BCUT2D eigenvalue weighted by molar-refractivity contribution is 5.89. The van der Waals surface area contributed by atoms with Crippen LogP contribution < -0.4 is 5.32 Å². The smallest absolute Gasteiger partial charge is 0.338 e. The molecule has 0 saturated carbocycles. The molecule has 1 unspecified atom stereocenters. The fourth-order valence-corrected chi connectivity index (χ4v) is 1.84. The van der Waals surface area contributed by atoms with E-state index < -0.39 is 0 Å². The van der Waals surface area contributed by atoms with E-state index in [-0.39, 0.29) is 18.1 Å². The van der Waals surface area contributed by atoms with Gasteiger partial charge in [-0.1, -0.05) is 0 Å². The first-order valence-electron chi connectivity index (χ1n) is 6.67. The number of nitrogens with one attached hydrogen (secondary N) is 1. The van der Waals surface area contributed by atoms with E-state index in [1.165, 1.54) is 0 Å². The van der Waals surface area contributed by atoms with Crippen molar-refractivity contribution in [3.8, 4) is 0 Å². The third-order valence-corrected chi connectivity index (χ3v) is 2.82. The first-order chi connectivity index (χ1) is 9.56. The topological polar surface area (TPSA) is 51.5 Å². The second-order valence-corrected chi connectivity index (χ2v) is 4.91. The molecule has 1 aromatic heterocycles. The number of carbonyl (C=O) groups excluding carboxylic acids is 1. The lowest BCUT2D eigenvalue weighted by molar-refractivity contribution is 0.0378. The van der Waals surface area contributed by atoms with Crippen LogP contribution in [0.1, 0.15) is 42.9 Å². The van der Waals surface area contributed by atoms with E-state index in [4.69, 9.17) is 9.15 Å². The summed E-state index contributed by atoms with van der Waals surface area (Å²) in [5, 5.41) is 3.31. The third kappa shape index (κ3) is 3.63. The molecule has 0 radical (unpaired) electrons. The predicted octanol–water partition coefficient (Wildman–Crippen LogP) is 4.02. The highest BCUT2D eigenvalue weighted by Crippen LogP contribution is 2.20. The monoisotopic (exact) mass is 273 g/mol. The fourth-order valence-electron chi connectivity index (χ4n) is 1.84. The molecule has 0 spiro atoms. The molecule has 0 bridgehead atoms. The molecule has 2 aromatic rings. The van der Waals surface area contributed by atoms with E-state index >= 15 is 0 Å². The Hall–Kier alpha value is -2.23. The number of hydrogen-bond donors (Lipinski definition) is 1.